The maximum atomic E-state index is 11.1. The molecule has 1 aromatic carbocycles. The Morgan fingerprint density at radius 2 is 2.22 bits per heavy atom. The lowest BCUT2D eigenvalue weighted by Gasteiger charge is -2.12. The molecule has 96 valence electrons. The predicted molar refractivity (Wildman–Crippen MR) is 67.4 cm³/mol. The average Bonchev–Trinajstić information content (AvgIpc) is 3.04. The highest BCUT2D eigenvalue weighted by molar-refractivity contribution is 5.94. The van der Waals surface area contributed by atoms with Crippen LogP contribution in [-0.2, 0) is 0 Å². The summed E-state index contributed by atoms with van der Waals surface area (Å²) in [6.45, 7) is 2.78. The number of primary amides is 1. The number of rotatable bonds is 5. The molecule has 0 saturated heterocycles. The number of carbonyl (C=O) groups excluding carboxylic acids is 1. The molecule has 0 unspecified atom stereocenters. The van der Waals surface area contributed by atoms with Crippen LogP contribution < -0.4 is 11.1 Å². The lowest BCUT2D eigenvalue weighted by Crippen LogP contribution is -2.15. The Balaban J connectivity index is 2.25. The van der Waals surface area contributed by atoms with Crippen molar-refractivity contribution in [1.82, 2.24) is 0 Å². The van der Waals surface area contributed by atoms with Crippen LogP contribution in [0.5, 0.6) is 0 Å². The molecule has 3 N–H and O–H groups in total. The minimum atomic E-state index is -0.592. The van der Waals surface area contributed by atoms with Crippen LogP contribution in [-0.4, -0.2) is 17.4 Å². The zero-order valence-electron chi connectivity index (χ0n) is 10.1. The van der Waals surface area contributed by atoms with Crippen LogP contribution in [0.1, 0.15) is 30.1 Å². The fourth-order valence-electron chi connectivity index (χ4n) is 1.69. The molecule has 1 fully saturated rings. The van der Waals surface area contributed by atoms with Gasteiger partial charge in [-0.1, -0.05) is 6.92 Å². The number of nitrogens with two attached hydrogens (primary N) is 1. The molecule has 1 aromatic rings. The smallest absolute Gasteiger partial charge is 0.292 e. The van der Waals surface area contributed by atoms with E-state index >= 15 is 0 Å². The van der Waals surface area contributed by atoms with E-state index in [4.69, 9.17) is 5.73 Å². The van der Waals surface area contributed by atoms with E-state index in [0.717, 1.165) is 12.8 Å². The molecule has 0 heterocycles. The van der Waals surface area contributed by atoms with E-state index in [0.29, 0.717) is 12.2 Å². The number of nitrogens with zero attached hydrogens (tertiary/aromatic N) is 1. The molecular formula is C12H15N3O3. The van der Waals surface area contributed by atoms with E-state index in [9.17, 15) is 14.9 Å². The van der Waals surface area contributed by atoms with Crippen LogP contribution in [0.15, 0.2) is 18.2 Å². The van der Waals surface area contributed by atoms with Gasteiger partial charge in [0.15, 0.2) is 0 Å². The number of anilines is 1. The van der Waals surface area contributed by atoms with Gasteiger partial charge in [-0.3, -0.25) is 14.9 Å². The van der Waals surface area contributed by atoms with Gasteiger partial charge in [0.1, 0.15) is 5.69 Å². The van der Waals surface area contributed by atoms with Crippen molar-refractivity contribution in [2.75, 3.05) is 11.9 Å². The first-order valence-corrected chi connectivity index (χ1v) is 5.73. The monoisotopic (exact) mass is 249 g/mol. The summed E-state index contributed by atoms with van der Waals surface area (Å²) in [5.74, 6) is -0.592. The Labute approximate surface area is 104 Å². The normalized spacial score (nSPS) is 16.1. The van der Waals surface area contributed by atoms with Gasteiger partial charge in [-0.15, -0.1) is 0 Å². The fourth-order valence-corrected chi connectivity index (χ4v) is 1.69. The fraction of sp³-hybridized carbons (Fsp3) is 0.417. The topological polar surface area (TPSA) is 98.3 Å². The first kappa shape index (κ1) is 12.3. The molecule has 18 heavy (non-hydrogen) atoms. The summed E-state index contributed by atoms with van der Waals surface area (Å²) in [6.07, 6.45) is 2.23. The standard InChI is InChI=1S/C12H15N3O3/c1-12(4-5-12)7-14-9-6-8(11(13)16)2-3-10(9)15(17)18/h2-3,6,14H,4-5,7H2,1H3,(H2,13,16). The summed E-state index contributed by atoms with van der Waals surface area (Å²) in [5.41, 5.74) is 5.97. The van der Waals surface area contributed by atoms with Crippen molar-refractivity contribution in [1.29, 1.82) is 0 Å². The molecule has 0 bridgehead atoms. The quantitative estimate of drug-likeness (QED) is 0.615. The van der Waals surface area contributed by atoms with Crippen molar-refractivity contribution in [3.8, 4) is 0 Å². The third-order valence-electron chi connectivity index (χ3n) is 3.29. The van der Waals surface area contributed by atoms with Crippen LogP contribution in [0.3, 0.4) is 0 Å². The van der Waals surface area contributed by atoms with Gasteiger partial charge in [0.2, 0.25) is 5.91 Å². The molecular weight excluding hydrogens is 234 g/mol. The molecule has 1 amide bonds. The number of hydrogen-bond acceptors (Lipinski definition) is 4. The van der Waals surface area contributed by atoms with Crippen LogP contribution in [0.25, 0.3) is 0 Å². The number of carbonyl (C=O) groups is 1. The van der Waals surface area contributed by atoms with Crippen molar-refractivity contribution in [3.63, 3.8) is 0 Å². The van der Waals surface area contributed by atoms with Gasteiger partial charge in [0.05, 0.1) is 4.92 Å². The van der Waals surface area contributed by atoms with Crippen molar-refractivity contribution in [2.24, 2.45) is 11.1 Å². The molecule has 6 nitrogen and oxygen atoms in total. The molecule has 1 saturated carbocycles. The maximum Gasteiger partial charge on any atom is 0.292 e. The lowest BCUT2D eigenvalue weighted by atomic mass is 10.1. The molecule has 6 heteroatoms. The first-order chi connectivity index (χ1) is 8.41. The molecule has 0 spiro atoms. The number of nitro groups is 1. The molecule has 0 radical (unpaired) electrons. The van der Waals surface area contributed by atoms with Gasteiger partial charge in [0, 0.05) is 18.2 Å². The zero-order valence-corrected chi connectivity index (χ0v) is 10.1. The van der Waals surface area contributed by atoms with Gasteiger partial charge in [0.25, 0.3) is 5.69 Å². The Hall–Kier alpha value is -2.11. The Morgan fingerprint density at radius 3 is 2.72 bits per heavy atom. The van der Waals surface area contributed by atoms with Crippen molar-refractivity contribution >= 4 is 17.3 Å². The third kappa shape index (κ3) is 2.58. The predicted octanol–water partition coefficient (Wildman–Crippen LogP) is 1.91. The SMILES string of the molecule is CC1(CNc2cc(C(N)=O)ccc2[N+](=O)[O-])CC1. The van der Waals surface area contributed by atoms with E-state index < -0.39 is 10.8 Å². The summed E-state index contributed by atoms with van der Waals surface area (Å²) in [5, 5.41) is 13.9. The van der Waals surface area contributed by atoms with Gasteiger partial charge in [-0.05, 0) is 30.4 Å². The highest BCUT2D eigenvalue weighted by Crippen LogP contribution is 2.45. The molecule has 2 rings (SSSR count). The van der Waals surface area contributed by atoms with Crippen LogP contribution >= 0.6 is 0 Å². The number of nitrogens with one attached hydrogen (secondary N) is 1. The van der Waals surface area contributed by atoms with Gasteiger partial charge in [-0.2, -0.15) is 0 Å². The van der Waals surface area contributed by atoms with Crippen LogP contribution in [0.4, 0.5) is 11.4 Å². The molecule has 0 aromatic heterocycles. The molecule has 0 aliphatic heterocycles. The number of hydrogen-bond donors (Lipinski definition) is 2. The zero-order chi connectivity index (χ0) is 13.3. The summed E-state index contributed by atoms with van der Waals surface area (Å²) < 4.78 is 0. The Bertz CT molecular complexity index is 509. The lowest BCUT2D eigenvalue weighted by molar-refractivity contribution is -0.384. The molecule has 1 aliphatic rings. The highest BCUT2D eigenvalue weighted by atomic mass is 16.6. The summed E-state index contributed by atoms with van der Waals surface area (Å²) in [7, 11) is 0. The van der Waals surface area contributed by atoms with Gasteiger partial charge < -0.3 is 11.1 Å². The van der Waals surface area contributed by atoms with Crippen LogP contribution in [0, 0.1) is 15.5 Å². The summed E-state index contributed by atoms with van der Waals surface area (Å²) in [4.78, 5) is 21.5. The molecule has 0 atom stereocenters. The number of benzene rings is 1. The highest BCUT2D eigenvalue weighted by Gasteiger charge is 2.37. The van der Waals surface area contributed by atoms with Gasteiger partial charge >= 0.3 is 0 Å². The van der Waals surface area contributed by atoms with E-state index in [1.165, 1.54) is 18.2 Å². The second kappa shape index (κ2) is 4.29. The van der Waals surface area contributed by atoms with E-state index in [2.05, 4.69) is 12.2 Å². The van der Waals surface area contributed by atoms with Crippen molar-refractivity contribution < 1.29 is 9.72 Å². The maximum absolute atomic E-state index is 11.1. The third-order valence-corrected chi connectivity index (χ3v) is 3.29. The second-order valence-electron chi connectivity index (χ2n) is 5.02. The largest absolute Gasteiger partial charge is 0.379 e. The molecule has 1 aliphatic carbocycles. The van der Waals surface area contributed by atoms with E-state index in [-0.39, 0.29) is 16.7 Å². The second-order valence-corrected chi connectivity index (χ2v) is 5.02. The Kier molecular flexibility index (Phi) is 2.94. The summed E-state index contributed by atoms with van der Waals surface area (Å²) in [6, 6.07) is 4.11. The van der Waals surface area contributed by atoms with E-state index in [1.807, 2.05) is 0 Å². The first-order valence-electron chi connectivity index (χ1n) is 5.73. The summed E-state index contributed by atoms with van der Waals surface area (Å²) >= 11 is 0. The number of nitro benzene ring substituents is 1. The van der Waals surface area contributed by atoms with E-state index in [1.54, 1.807) is 0 Å². The van der Waals surface area contributed by atoms with Crippen LogP contribution in [0.2, 0.25) is 0 Å². The van der Waals surface area contributed by atoms with Crippen molar-refractivity contribution in [2.45, 2.75) is 19.8 Å². The van der Waals surface area contributed by atoms with Crippen molar-refractivity contribution in [3.05, 3.63) is 33.9 Å². The Morgan fingerprint density at radius 1 is 1.56 bits per heavy atom. The van der Waals surface area contributed by atoms with Gasteiger partial charge in [-0.25, -0.2) is 0 Å². The number of amides is 1. The minimum Gasteiger partial charge on any atom is -0.379 e. The average molecular weight is 249 g/mol. The minimum absolute atomic E-state index is 0.0377.